The molecule has 1 aliphatic heterocycles. The number of aromatic nitrogens is 2. The fourth-order valence-electron chi connectivity index (χ4n) is 1.92. The summed E-state index contributed by atoms with van der Waals surface area (Å²) in [4.78, 5) is 8.38. The van der Waals surface area contributed by atoms with E-state index in [1.54, 1.807) is 13.4 Å². The summed E-state index contributed by atoms with van der Waals surface area (Å²) < 4.78 is 5.17. The van der Waals surface area contributed by atoms with Gasteiger partial charge in [0.05, 0.1) is 18.8 Å². The third kappa shape index (κ3) is 1.57. The third-order valence-electron chi connectivity index (χ3n) is 2.66. The number of ether oxygens (including phenoxy) is 1. The number of rotatable bonds is 2. The maximum atomic E-state index is 5.17. The highest BCUT2D eigenvalue weighted by Crippen LogP contribution is 2.26. The van der Waals surface area contributed by atoms with Crippen molar-refractivity contribution in [2.24, 2.45) is 0 Å². The highest BCUT2D eigenvalue weighted by Gasteiger charge is 2.21. The molecule has 1 N–H and O–H groups in total. The highest BCUT2D eigenvalue weighted by atomic mass is 16.5. The third-order valence-corrected chi connectivity index (χ3v) is 2.66. The first-order valence-corrected chi connectivity index (χ1v) is 4.92. The fraction of sp³-hybridized carbons (Fsp3) is 0.600. The van der Waals surface area contributed by atoms with E-state index in [2.05, 4.69) is 15.3 Å². The molecule has 1 aliphatic rings. The molecule has 0 spiro atoms. The van der Waals surface area contributed by atoms with Gasteiger partial charge in [0.1, 0.15) is 6.33 Å². The zero-order valence-corrected chi connectivity index (χ0v) is 8.58. The van der Waals surface area contributed by atoms with Crippen LogP contribution in [0.2, 0.25) is 0 Å². The standard InChI is InChI=1S/C10H15N3O/c1-7-9(8-4-3-5-11-8)12-6-13-10(7)14-2/h6,8,11H,3-5H2,1-2H3/t8-/m0/s1. The molecule has 0 unspecified atom stereocenters. The summed E-state index contributed by atoms with van der Waals surface area (Å²) in [6.45, 7) is 3.09. The Morgan fingerprint density at radius 2 is 2.36 bits per heavy atom. The Balaban J connectivity index is 2.32. The molecule has 0 aromatic carbocycles. The van der Waals surface area contributed by atoms with E-state index in [0.717, 1.165) is 24.2 Å². The molecule has 2 rings (SSSR count). The van der Waals surface area contributed by atoms with E-state index in [-0.39, 0.29) is 0 Å². The minimum absolute atomic E-state index is 0.381. The molecule has 1 saturated heterocycles. The van der Waals surface area contributed by atoms with Crippen LogP contribution in [0.1, 0.15) is 30.1 Å². The zero-order valence-electron chi connectivity index (χ0n) is 8.58. The van der Waals surface area contributed by atoms with Crippen LogP contribution in [-0.2, 0) is 0 Å². The Hall–Kier alpha value is -1.16. The van der Waals surface area contributed by atoms with Gasteiger partial charge in [0, 0.05) is 5.56 Å². The van der Waals surface area contributed by atoms with Gasteiger partial charge in [0.15, 0.2) is 0 Å². The molecule has 4 nitrogen and oxygen atoms in total. The fourth-order valence-corrected chi connectivity index (χ4v) is 1.92. The first-order chi connectivity index (χ1) is 6.83. The monoisotopic (exact) mass is 193 g/mol. The lowest BCUT2D eigenvalue weighted by molar-refractivity contribution is 0.390. The van der Waals surface area contributed by atoms with Crippen molar-refractivity contribution in [2.75, 3.05) is 13.7 Å². The average Bonchev–Trinajstić information content (AvgIpc) is 2.71. The molecular weight excluding hydrogens is 178 g/mol. The van der Waals surface area contributed by atoms with Crippen LogP contribution in [0.15, 0.2) is 6.33 Å². The van der Waals surface area contributed by atoms with Gasteiger partial charge < -0.3 is 10.1 Å². The molecule has 1 aromatic heterocycles. The molecule has 76 valence electrons. The van der Waals surface area contributed by atoms with Crippen molar-refractivity contribution >= 4 is 0 Å². The second-order valence-electron chi connectivity index (χ2n) is 3.54. The van der Waals surface area contributed by atoms with Gasteiger partial charge in [-0.2, -0.15) is 0 Å². The maximum Gasteiger partial charge on any atom is 0.219 e. The number of nitrogens with zero attached hydrogens (tertiary/aromatic N) is 2. The van der Waals surface area contributed by atoms with E-state index in [4.69, 9.17) is 4.74 Å². The normalized spacial score (nSPS) is 21.1. The Morgan fingerprint density at radius 3 is 3.00 bits per heavy atom. The molecule has 4 heteroatoms. The molecule has 0 saturated carbocycles. The Labute approximate surface area is 83.7 Å². The summed E-state index contributed by atoms with van der Waals surface area (Å²) in [6.07, 6.45) is 3.94. The van der Waals surface area contributed by atoms with E-state index < -0.39 is 0 Å². The summed E-state index contributed by atoms with van der Waals surface area (Å²) >= 11 is 0. The molecular formula is C10H15N3O. The van der Waals surface area contributed by atoms with Crippen LogP contribution in [-0.4, -0.2) is 23.6 Å². The van der Waals surface area contributed by atoms with Gasteiger partial charge >= 0.3 is 0 Å². The molecule has 14 heavy (non-hydrogen) atoms. The minimum Gasteiger partial charge on any atom is -0.481 e. The van der Waals surface area contributed by atoms with Crippen molar-refractivity contribution in [2.45, 2.75) is 25.8 Å². The number of nitrogens with one attached hydrogen (secondary N) is 1. The van der Waals surface area contributed by atoms with Gasteiger partial charge in [0.2, 0.25) is 5.88 Å². The quantitative estimate of drug-likeness (QED) is 0.767. The zero-order chi connectivity index (χ0) is 9.97. The van der Waals surface area contributed by atoms with Crippen LogP contribution in [0.25, 0.3) is 0 Å². The van der Waals surface area contributed by atoms with Gasteiger partial charge in [0.25, 0.3) is 0 Å². The lowest BCUT2D eigenvalue weighted by Gasteiger charge is -2.13. The maximum absolute atomic E-state index is 5.17. The van der Waals surface area contributed by atoms with E-state index in [9.17, 15) is 0 Å². The van der Waals surface area contributed by atoms with Crippen LogP contribution < -0.4 is 10.1 Å². The molecule has 1 atom stereocenters. The van der Waals surface area contributed by atoms with E-state index in [1.165, 1.54) is 6.42 Å². The van der Waals surface area contributed by atoms with E-state index in [1.807, 2.05) is 6.92 Å². The van der Waals surface area contributed by atoms with Crippen LogP contribution in [0.3, 0.4) is 0 Å². The molecule has 0 bridgehead atoms. The summed E-state index contributed by atoms with van der Waals surface area (Å²) in [7, 11) is 1.64. The first kappa shape index (κ1) is 9.40. The Kier molecular flexibility index (Phi) is 2.63. The summed E-state index contributed by atoms with van der Waals surface area (Å²) in [5.74, 6) is 0.684. The number of methoxy groups -OCH3 is 1. The summed E-state index contributed by atoms with van der Waals surface area (Å²) in [5, 5.41) is 3.42. The predicted octanol–water partition coefficient (Wildman–Crippen LogP) is 1.22. The highest BCUT2D eigenvalue weighted by molar-refractivity contribution is 5.30. The number of hydrogen-bond donors (Lipinski definition) is 1. The molecule has 1 aromatic rings. The van der Waals surface area contributed by atoms with Crippen molar-refractivity contribution in [1.29, 1.82) is 0 Å². The van der Waals surface area contributed by atoms with Crippen molar-refractivity contribution in [1.82, 2.24) is 15.3 Å². The second kappa shape index (κ2) is 3.92. The van der Waals surface area contributed by atoms with Gasteiger partial charge in [-0.1, -0.05) is 0 Å². The Bertz CT molecular complexity index is 321. The number of hydrogen-bond acceptors (Lipinski definition) is 4. The van der Waals surface area contributed by atoms with Crippen molar-refractivity contribution in [3.05, 3.63) is 17.6 Å². The smallest absolute Gasteiger partial charge is 0.219 e. The Morgan fingerprint density at radius 1 is 1.50 bits per heavy atom. The summed E-state index contributed by atoms with van der Waals surface area (Å²) in [6, 6.07) is 0.381. The lowest BCUT2D eigenvalue weighted by Crippen LogP contribution is -2.16. The lowest BCUT2D eigenvalue weighted by atomic mass is 10.1. The largest absolute Gasteiger partial charge is 0.481 e. The van der Waals surface area contributed by atoms with Crippen LogP contribution in [0.5, 0.6) is 5.88 Å². The van der Waals surface area contributed by atoms with Crippen molar-refractivity contribution in [3.63, 3.8) is 0 Å². The van der Waals surface area contributed by atoms with Gasteiger partial charge in [-0.25, -0.2) is 9.97 Å². The molecule has 0 amide bonds. The van der Waals surface area contributed by atoms with Crippen LogP contribution >= 0.6 is 0 Å². The SMILES string of the molecule is COc1ncnc([C@@H]2CCCN2)c1C. The molecule has 2 heterocycles. The average molecular weight is 193 g/mol. The summed E-state index contributed by atoms with van der Waals surface area (Å²) in [5.41, 5.74) is 2.13. The first-order valence-electron chi connectivity index (χ1n) is 4.92. The minimum atomic E-state index is 0.381. The van der Waals surface area contributed by atoms with Crippen molar-refractivity contribution in [3.8, 4) is 5.88 Å². The van der Waals surface area contributed by atoms with Crippen LogP contribution in [0, 0.1) is 6.92 Å². The second-order valence-corrected chi connectivity index (χ2v) is 3.54. The van der Waals surface area contributed by atoms with Gasteiger partial charge in [-0.05, 0) is 26.3 Å². The topological polar surface area (TPSA) is 47.0 Å². The van der Waals surface area contributed by atoms with E-state index in [0.29, 0.717) is 11.9 Å². The van der Waals surface area contributed by atoms with Crippen molar-refractivity contribution < 1.29 is 4.74 Å². The van der Waals surface area contributed by atoms with Gasteiger partial charge in [-0.3, -0.25) is 0 Å². The van der Waals surface area contributed by atoms with Gasteiger partial charge in [-0.15, -0.1) is 0 Å². The molecule has 0 aliphatic carbocycles. The molecule has 1 fully saturated rings. The predicted molar refractivity (Wildman–Crippen MR) is 53.3 cm³/mol. The van der Waals surface area contributed by atoms with Crippen LogP contribution in [0.4, 0.5) is 0 Å². The molecule has 0 radical (unpaired) electrons. The van der Waals surface area contributed by atoms with E-state index >= 15 is 0 Å².